The molecule has 0 bridgehead atoms. The Labute approximate surface area is 97.8 Å². The molecule has 15 heavy (non-hydrogen) atoms. The second-order valence-electron chi connectivity index (χ2n) is 3.59. The van der Waals surface area contributed by atoms with Crippen LogP contribution in [0, 0.1) is 6.92 Å². The van der Waals surface area contributed by atoms with Crippen LogP contribution in [-0.4, -0.2) is 23.4 Å². The second kappa shape index (κ2) is 4.86. The summed E-state index contributed by atoms with van der Waals surface area (Å²) in [6, 6.07) is 1.75. The number of aliphatic hydroxyl groups is 1. The molecule has 4 heteroatoms. The van der Waals surface area contributed by atoms with E-state index in [4.69, 9.17) is 4.74 Å². The number of rotatable bonds is 3. The van der Waals surface area contributed by atoms with Gasteiger partial charge in [-0.25, -0.2) is 0 Å². The summed E-state index contributed by atoms with van der Waals surface area (Å²) in [5.74, 6) is 0.530. The average Bonchev–Trinajstić information content (AvgIpc) is 2.18. The Hall–Kier alpha value is -0.740. The molecule has 2 N–H and O–H groups in total. The molecule has 0 heterocycles. The van der Waals surface area contributed by atoms with Crippen LogP contribution in [0.3, 0.4) is 0 Å². The van der Waals surface area contributed by atoms with Crippen molar-refractivity contribution in [2.75, 3.05) is 7.11 Å². The standard InChI is InChI=1S/C11H15BrO3/c1-6-4-9(15-3)11(14)8(10(6)12)5-7(2)13/h4,7,13-14H,5H2,1-3H3. The molecule has 0 radical (unpaired) electrons. The summed E-state index contributed by atoms with van der Waals surface area (Å²) in [7, 11) is 1.51. The van der Waals surface area contributed by atoms with Crippen molar-refractivity contribution in [2.24, 2.45) is 0 Å². The van der Waals surface area contributed by atoms with E-state index in [1.165, 1.54) is 7.11 Å². The Morgan fingerprint density at radius 3 is 2.60 bits per heavy atom. The largest absolute Gasteiger partial charge is 0.504 e. The molecule has 84 valence electrons. The molecule has 0 aliphatic carbocycles. The summed E-state index contributed by atoms with van der Waals surface area (Å²) in [6.45, 7) is 3.60. The quantitative estimate of drug-likeness (QED) is 0.890. The van der Waals surface area contributed by atoms with Crippen molar-refractivity contribution in [1.82, 2.24) is 0 Å². The molecule has 0 saturated heterocycles. The van der Waals surface area contributed by atoms with Crippen molar-refractivity contribution in [3.63, 3.8) is 0 Å². The summed E-state index contributed by atoms with van der Waals surface area (Å²) in [6.07, 6.45) is -0.108. The number of aromatic hydroxyl groups is 1. The number of benzene rings is 1. The molecular weight excluding hydrogens is 260 g/mol. The maximum absolute atomic E-state index is 9.88. The predicted octanol–water partition coefficient (Wildman–Crippen LogP) is 2.40. The van der Waals surface area contributed by atoms with Crippen molar-refractivity contribution in [2.45, 2.75) is 26.4 Å². The fourth-order valence-electron chi connectivity index (χ4n) is 1.46. The molecule has 0 amide bonds. The minimum atomic E-state index is -0.501. The topological polar surface area (TPSA) is 49.7 Å². The lowest BCUT2D eigenvalue weighted by molar-refractivity contribution is 0.193. The van der Waals surface area contributed by atoms with Crippen LogP contribution in [0.4, 0.5) is 0 Å². The van der Waals surface area contributed by atoms with Gasteiger partial charge in [-0.2, -0.15) is 0 Å². The normalized spacial score (nSPS) is 12.6. The maximum atomic E-state index is 9.88. The van der Waals surface area contributed by atoms with Gasteiger partial charge in [-0.1, -0.05) is 15.9 Å². The molecule has 0 fully saturated rings. The van der Waals surface area contributed by atoms with Gasteiger partial charge in [0.05, 0.1) is 13.2 Å². The maximum Gasteiger partial charge on any atom is 0.162 e. The van der Waals surface area contributed by atoms with Crippen LogP contribution in [0.5, 0.6) is 11.5 Å². The molecule has 3 nitrogen and oxygen atoms in total. The molecule has 1 rings (SSSR count). The van der Waals surface area contributed by atoms with E-state index >= 15 is 0 Å². The van der Waals surface area contributed by atoms with Crippen LogP contribution in [0.25, 0.3) is 0 Å². The third-order valence-corrected chi connectivity index (χ3v) is 3.30. The third kappa shape index (κ3) is 2.63. The number of hydrogen-bond donors (Lipinski definition) is 2. The summed E-state index contributed by atoms with van der Waals surface area (Å²) in [4.78, 5) is 0. The van der Waals surface area contributed by atoms with E-state index < -0.39 is 6.10 Å². The SMILES string of the molecule is COc1cc(C)c(Br)c(CC(C)O)c1O. The zero-order valence-corrected chi connectivity index (χ0v) is 10.6. The minimum absolute atomic E-state index is 0.0934. The lowest BCUT2D eigenvalue weighted by Crippen LogP contribution is -2.06. The van der Waals surface area contributed by atoms with Gasteiger partial charge >= 0.3 is 0 Å². The van der Waals surface area contributed by atoms with Crippen LogP contribution >= 0.6 is 15.9 Å². The smallest absolute Gasteiger partial charge is 0.162 e. The Morgan fingerprint density at radius 1 is 1.53 bits per heavy atom. The van der Waals surface area contributed by atoms with Crippen LogP contribution in [0.2, 0.25) is 0 Å². The van der Waals surface area contributed by atoms with Crippen LogP contribution in [-0.2, 0) is 6.42 Å². The fraction of sp³-hybridized carbons (Fsp3) is 0.455. The molecule has 0 aliphatic rings. The molecule has 0 saturated carbocycles. The average molecular weight is 275 g/mol. The number of methoxy groups -OCH3 is 1. The van der Waals surface area contributed by atoms with E-state index in [0.717, 1.165) is 10.0 Å². The molecule has 0 aliphatic heterocycles. The number of phenols is 1. The number of phenolic OH excluding ortho intramolecular Hbond substituents is 1. The van der Waals surface area contributed by atoms with E-state index in [1.807, 2.05) is 6.92 Å². The fourth-order valence-corrected chi connectivity index (χ4v) is 1.92. The summed E-state index contributed by atoms with van der Waals surface area (Å²) < 4.78 is 5.87. The highest BCUT2D eigenvalue weighted by molar-refractivity contribution is 9.10. The van der Waals surface area contributed by atoms with Gasteiger partial charge < -0.3 is 14.9 Å². The molecule has 1 atom stereocenters. The van der Waals surface area contributed by atoms with Crippen LogP contribution < -0.4 is 4.74 Å². The highest BCUT2D eigenvalue weighted by Gasteiger charge is 2.16. The van der Waals surface area contributed by atoms with E-state index in [2.05, 4.69) is 15.9 Å². The first-order valence-electron chi connectivity index (χ1n) is 4.70. The first-order valence-corrected chi connectivity index (χ1v) is 5.49. The third-order valence-electron chi connectivity index (χ3n) is 2.20. The zero-order chi connectivity index (χ0) is 11.6. The Bertz CT molecular complexity index is 361. The van der Waals surface area contributed by atoms with Gasteiger partial charge in [-0.3, -0.25) is 0 Å². The first kappa shape index (κ1) is 12.3. The number of ether oxygens (including phenoxy) is 1. The van der Waals surface area contributed by atoms with E-state index in [-0.39, 0.29) is 5.75 Å². The van der Waals surface area contributed by atoms with Gasteiger partial charge in [-0.15, -0.1) is 0 Å². The predicted molar refractivity (Wildman–Crippen MR) is 62.5 cm³/mol. The number of aryl methyl sites for hydroxylation is 1. The van der Waals surface area contributed by atoms with Gasteiger partial charge in [0.1, 0.15) is 0 Å². The summed E-state index contributed by atoms with van der Waals surface area (Å²) >= 11 is 3.40. The van der Waals surface area contributed by atoms with Crippen molar-refractivity contribution >= 4 is 15.9 Å². The number of hydrogen-bond acceptors (Lipinski definition) is 3. The summed E-state index contributed by atoms with van der Waals surface area (Å²) in [5.41, 5.74) is 1.65. The Kier molecular flexibility index (Phi) is 3.99. The Balaban J connectivity index is 3.27. The lowest BCUT2D eigenvalue weighted by atomic mass is 10.0. The van der Waals surface area contributed by atoms with Crippen molar-refractivity contribution in [1.29, 1.82) is 0 Å². The van der Waals surface area contributed by atoms with E-state index in [9.17, 15) is 10.2 Å². The van der Waals surface area contributed by atoms with E-state index in [0.29, 0.717) is 17.7 Å². The van der Waals surface area contributed by atoms with Crippen LogP contribution in [0.1, 0.15) is 18.1 Å². The van der Waals surface area contributed by atoms with Gasteiger partial charge in [0.2, 0.25) is 0 Å². The monoisotopic (exact) mass is 274 g/mol. The molecule has 0 aromatic heterocycles. The first-order chi connectivity index (χ1) is 6.97. The summed E-state index contributed by atoms with van der Waals surface area (Å²) in [5, 5.41) is 19.2. The molecule has 1 aromatic carbocycles. The van der Waals surface area contributed by atoms with Crippen LogP contribution in [0.15, 0.2) is 10.5 Å². The van der Waals surface area contributed by atoms with Crippen molar-refractivity contribution < 1.29 is 14.9 Å². The molecule has 1 unspecified atom stereocenters. The van der Waals surface area contributed by atoms with Gasteiger partial charge in [0.25, 0.3) is 0 Å². The highest BCUT2D eigenvalue weighted by atomic mass is 79.9. The highest BCUT2D eigenvalue weighted by Crippen LogP contribution is 2.38. The van der Waals surface area contributed by atoms with Gasteiger partial charge in [-0.05, 0) is 25.5 Å². The van der Waals surface area contributed by atoms with Gasteiger partial charge in [0.15, 0.2) is 11.5 Å². The molecular formula is C11H15BrO3. The number of aliphatic hydroxyl groups excluding tert-OH is 1. The Morgan fingerprint density at radius 2 is 2.13 bits per heavy atom. The minimum Gasteiger partial charge on any atom is -0.504 e. The number of halogens is 1. The lowest BCUT2D eigenvalue weighted by Gasteiger charge is -2.14. The zero-order valence-electron chi connectivity index (χ0n) is 9.04. The second-order valence-corrected chi connectivity index (χ2v) is 4.38. The van der Waals surface area contributed by atoms with Crippen molar-refractivity contribution in [3.05, 3.63) is 21.7 Å². The van der Waals surface area contributed by atoms with E-state index in [1.54, 1.807) is 13.0 Å². The molecule has 0 spiro atoms. The van der Waals surface area contributed by atoms with Gasteiger partial charge in [0, 0.05) is 16.5 Å². The molecule has 1 aromatic rings. The van der Waals surface area contributed by atoms with Crippen molar-refractivity contribution in [3.8, 4) is 11.5 Å².